The zero-order valence-corrected chi connectivity index (χ0v) is 11.3. The zero-order chi connectivity index (χ0) is 14.3. The molecule has 5 heteroatoms. The lowest BCUT2D eigenvalue weighted by atomic mass is 10.1. The second-order valence-corrected chi connectivity index (χ2v) is 4.29. The molecule has 0 fully saturated rings. The molecule has 1 aromatic rings. The lowest BCUT2D eigenvalue weighted by molar-refractivity contribution is 0.242. The maximum atomic E-state index is 13.2. The first-order valence-electron chi connectivity index (χ1n) is 6.01. The van der Waals surface area contributed by atoms with Crippen LogP contribution in [0.5, 0.6) is 5.75 Å². The Kier molecular flexibility index (Phi) is 5.85. The van der Waals surface area contributed by atoms with Crippen molar-refractivity contribution in [3.05, 3.63) is 41.7 Å². The van der Waals surface area contributed by atoms with Crippen LogP contribution in [0.15, 0.2) is 30.4 Å². The average Bonchev–Trinajstić information content (AvgIpc) is 2.38. The average molecular weight is 266 g/mol. The summed E-state index contributed by atoms with van der Waals surface area (Å²) in [5, 5.41) is 5.38. The predicted molar refractivity (Wildman–Crippen MR) is 72.9 cm³/mol. The quantitative estimate of drug-likeness (QED) is 0.776. The fraction of sp³-hybridized carbons (Fsp3) is 0.357. The van der Waals surface area contributed by atoms with Crippen LogP contribution in [0, 0.1) is 5.82 Å². The second kappa shape index (κ2) is 7.41. The maximum Gasteiger partial charge on any atom is 0.315 e. The normalized spacial score (nSPS) is 9.84. The Hall–Kier alpha value is -2.04. The summed E-state index contributed by atoms with van der Waals surface area (Å²) < 4.78 is 18.1. The number of methoxy groups -OCH3 is 1. The van der Waals surface area contributed by atoms with Crippen LogP contribution in [-0.2, 0) is 6.42 Å². The van der Waals surface area contributed by atoms with Gasteiger partial charge < -0.3 is 15.4 Å². The molecule has 4 nitrogen and oxygen atoms in total. The standard InChI is InChI=1S/C14H19FN2O2/c1-10(2)9-17-14(18)16-7-6-11-4-5-12(15)13(8-11)19-3/h4-5,8H,1,6-7,9H2,2-3H3,(H2,16,17,18). The Bertz CT molecular complexity index is 461. The van der Waals surface area contributed by atoms with Crippen molar-refractivity contribution in [2.24, 2.45) is 0 Å². The Balaban J connectivity index is 2.36. The predicted octanol–water partition coefficient (Wildman–Crippen LogP) is 2.25. The van der Waals surface area contributed by atoms with Crippen molar-refractivity contribution >= 4 is 6.03 Å². The summed E-state index contributed by atoms with van der Waals surface area (Å²) >= 11 is 0. The van der Waals surface area contributed by atoms with E-state index in [9.17, 15) is 9.18 Å². The van der Waals surface area contributed by atoms with Crippen LogP contribution in [0.25, 0.3) is 0 Å². The first-order chi connectivity index (χ1) is 9.02. The van der Waals surface area contributed by atoms with Crippen molar-refractivity contribution < 1.29 is 13.9 Å². The lowest BCUT2D eigenvalue weighted by Gasteiger charge is -2.08. The maximum absolute atomic E-state index is 13.2. The van der Waals surface area contributed by atoms with E-state index >= 15 is 0 Å². The fourth-order valence-electron chi connectivity index (χ4n) is 1.47. The van der Waals surface area contributed by atoms with Crippen molar-refractivity contribution in [2.75, 3.05) is 20.2 Å². The number of urea groups is 1. The number of nitrogens with one attached hydrogen (secondary N) is 2. The van der Waals surface area contributed by atoms with Gasteiger partial charge in [0.05, 0.1) is 7.11 Å². The molecule has 0 aromatic heterocycles. The summed E-state index contributed by atoms with van der Waals surface area (Å²) in [5.41, 5.74) is 1.79. The van der Waals surface area contributed by atoms with Gasteiger partial charge in [0.25, 0.3) is 0 Å². The molecule has 104 valence electrons. The smallest absolute Gasteiger partial charge is 0.315 e. The minimum atomic E-state index is -0.390. The third kappa shape index (κ3) is 5.42. The van der Waals surface area contributed by atoms with Gasteiger partial charge in [-0.05, 0) is 31.0 Å². The van der Waals surface area contributed by atoms with Crippen molar-refractivity contribution in [3.63, 3.8) is 0 Å². The molecule has 0 saturated heterocycles. The third-order valence-electron chi connectivity index (χ3n) is 2.47. The molecule has 2 N–H and O–H groups in total. The fourth-order valence-corrected chi connectivity index (χ4v) is 1.47. The summed E-state index contributed by atoms with van der Waals surface area (Å²) in [6.07, 6.45) is 0.608. The van der Waals surface area contributed by atoms with Crippen molar-refractivity contribution in [1.82, 2.24) is 10.6 Å². The van der Waals surface area contributed by atoms with Gasteiger partial charge in [-0.25, -0.2) is 9.18 Å². The van der Waals surface area contributed by atoms with E-state index in [0.29, 0.717) is 19.5 Å². The van der Waals surface area contributed by atoms with Gasteiger partial charge >= 0.3 is 6.03 Å². The van der Waals surface area contributed by atoms with E-state index < -0.39 is 5.82 Å². The molecule has 0 saturated carbocycles. The van der Waals surface area contributed by atoms with Crippen LogP contribution in [0.1, 0.15) is 12.5 Å². The van der Waals surface area contributed by atoms with E-state index in [1.807, 2.05) is 6.92 Å². The monoisotopic (exact) mass is 266 g/mol. The van der Waals surface area contributed by atoms with Crippen molar-refractivity contribution in [2.45, 2.75) is 13.3 Å². The number of rotatable bonds is 6. The van der Waals surface area contributed by atoms with E-state index in [1.165, 1.54) is 13.2 Å². The topological polar surface area (TPSA) is 50.4 Å². The van der Waals surface area contributed by atoms with Crippen LogP contribution >= 0.6 is 0 Å². The van der Waals surface area contributed by atoms with Crippen LogP contribution in [-0.4, -0.2) is 26.2 Å². The van der Waals surface area contributed by atoms with Gasteiger partial charge in [-0.2, -0.15) is 0 Å². The number of hydrogen-bond donors (Lipinski definition) is 2. The highest BCUT2D eigenvalue weighted by Gasteiger charge is 2.04. The summed E-state index contributed by atoms with van der Waals surface area (Å²) in [7, 11) is 1.42. The molecule has 0 bridgehead atoms. The molecule has 0 spiro atoms. The third-order valence-corrected chi connectivity index (χ3v) is 2.47. The van der Waals surface area contributed by atoms with E-state index in [0.717, 1.165) is 11.1 Å². The van der Waals surface area contributed by atoms with E-state index in [1.54, 1.807) is 12.1 Å². The van der Waals surface area contributed by atoms with E-state index in [-0.39, 0.29) is 11.8 Å². The van der Waals surface area contributed by atoms with E-state index in [4.69, 9.17) is 4.74 Å². The number of halogens is 1. The van der Waals surface area contributed by atoms with Gasteiger partial charge in [-0.1, -0.05) is 18.2 Å². The SMILES string of the molecule is C=C(C)CNC(=O)NCCc1ccc(F)c(OC)c1. The molecule has 2 amide bonds. The summed E-state index contributed by atoms with van der Waals surface area (Å²) in [4.78, 5) is 11.4. The first kappa shape index (κ1) is 15.0. The van der Waals surface area contributed by atoms with Gasteiger partial charge in [0, 0.05) is 13.1 Å². The molecule has 1 aromatic carbocycles. The molecule has 0 atom stereocenters. The number of hydrogen-bond acceptors (Lipinski definition) is 2. The molecule has 19 heavy (non-hydrogen) atoms. The Morgan fingerprint density at radius 2 is 2.16 bits per heavy atom. The van der Waals surface area contributed by atoms with Gasteiger partial charge in [0.2, 0.25) is 0 Å². The number of ether oxygens (including phenoxy) is 1. The summed E-state index contributed by atoms with van der Waals surface area (Å²) in [6, 6.07) is 4.42. The highest BCUT2D eigenvalue weighted by molar-refractivity contribution is 5.74. The zero-order valence-electron chi connectivity index (χ0n) is 11.3. The molecule has 0 heterocycles. The van der Waals surface area contributed by atoms with Crippen LogP contribution in [0.4, 0.5) is 9.18 Å². The molecule has 0 aliphatic carbocycles. The number of amides is 2. The lowest BCUT2D eigenvalue weighted by Crippen LogP contribution is -2.37. The number of carbonyl (C=O) groups is 1. The highest BCUT2D eigenvalue weighted by Crippen LogP contribution is 2.18. The largest absolute Gasteiger partial charge is 0.494 e. The molecule has 0 unspecified atom stereocenters. The van der Waals surface area contributed by atoms with Gasteiger partial charge in [-0.3, -0.25) is 0 Å². The van der Waals surface area contributed by atoms with Crippen LogP contribution in [0.3, 0.4) is 0 Å². The van der Waals surface area contributed by atoms with Gasteiger partial charge in [0.1, 0.15) is 0 Å². The molecular formula is C14H19FN2O2. The summed E-state index contributed by atoms with van der Waals surface area (Å²) in [5.74, 6) is -0.178. The molecular weight excluding hydrogens is 247 g/mol. The van der Waals surface area contributed by atoms with Crippen molar-refractivity contribution in [1.29, 1.82) is 0 Å². The van der Waals surface area contributed by atoms with Gasteiger partial charge in [0.15, 0.2) is 11.6 Å². The Morgan fingerprint density at radius 1 is 1.42 bits per heavy atom. The van der Waals surface area contributed by atoms with Crippen molar-refractivity contribution in [3.8, 4) is 5.75 Å². The van der Waals surface area contributed by atoms with Gasteiger partial charge in [-0.15, -0.1) is 0 Å². The highest BCUT2D eigenvalue weighted by atomic mass is 19.1. The number of benzene rings is 1. The Labute approximate surface area is 112 Å². The molecule has 1 rings (SSSR count). The summed E-state index contributed by atoms with van der Waals surface area (Å²) in [6.45, 7) is 6.45. The Morgan fingerprint density at radius 3 is 2.79 bits per heavy atom. The van der Waals surface area contributed by atoms with Crippen LogP contribution < -0.4 is 15.4 Å². The minimum absolute atomic E-state index is 0.212. The van der Waals surface area contributed by atoms with Crippen LogP contribution in [0.2, 0.25) is 0 Å². The minimum Gasteiger partial charge on any atom is -0.494 e. The number of carbonyl (C=O) groups excluding carboxylic acids is 1. The molecule has 0 aliphatic rings. The molecule has 0 radical (unpaired) electrons. The first-order valence-corrected chi connectivity index (χ1v) is 6.01. The second-order valence-electron chi connectivity index (χ2n) is 4.29. The van der Waals surface area contributed by atoms with E-state index in [2.05, 4.69) is 17.2 Å². The molecule has 0 aliphatic heterocycles.